The van der Waals surface area contributed by atoms with Crippen molar-refractivity contribution in [2.45, 2.75) is 10.8 Å². The van der Waals surface area contributed by atoms with Gasteiger partial charge in [0.1, 0.15) is 11.6 Å². The molecule has 5 nitrogen and oxygen atoms in total. The average Bonchev–Trinajstić information content (AvgIpc) is 2.46. The standard InChI is InChI=1S/C14H9ClN2O3S/c15-11-4-2-1-3-8(11)7-21-13-9(6-16)5-10(14(19)20)12(18)17-13/h1-5H,7H2,(H,17,18)(H,19,20). The summed E-state index contributed by atoms with van der Waals surface area (Å²) in [6.07, 6.45) is 0. The minimum Gasteiger partial charge on any atom is -0.477 e. The monoisotopic (exact) mass is 320 g/mol. The predicted octanol–water partition coefficient (Wildman–Crippen LogP) is 2.89. The van der Waals surface area contributed by atoms with Crippen LogP contribution in [0.15, 0.2) is 40.2 Å². The van der Waals surface area contributed by atoms with Crippen molar-refractivity contribution in [2.75, 3.05) is 0 Å². The first-order chi connectivity index (χ1) is 10.0. The molecule has 0 radical (unpaired) electrons. The fourth-order valence-electron chi connectivity index (χ4n) is 1.63. The highest BCUT2D eigenvalue weighted by Crippen LogP contribution is 2.27. The summed E-state index contributed by atoms with van der Waals surface area (Å²) >= 11 is 7.25. The molecule has 0 aliphatic rings. The van der Waals surface area contributed by atoms with Gasteiger partial charge >= 0.3 is 5.97 Å². The Kier molecular flexibility index (Phi) is 4.68. The highest BCUT2D eigenvalue weighted by atomic mass is 35.5. The first-order valence-corrected chi connectivity index (χ1v) is 7.16. The lowest BCUT2D eigenvalue weighted by atomic mass is 10.2. The number of carbonyl (C=O) groups is 1. The minimum atomic E-state index is -1.37. The lowest BCUT2D eigenvalue weighted by Crippen LogP contribution is -2.18. The number of rotatable bonds is 4. The molecule has 106 valence electrons. The number of carboxylic acids is 1. The smallest absolute Gasteiger partial charge is 0.341 e. The van der Waals surface area contributed by atoms with Crippen LogP contribution in [0.1, 0.15) is 21.5 Å². The molecule has 7 heteroatoms. The van der Waals surface area contributed by atoms with E-state index < -0.39 is 17.1 Å². The van der Waals surface area contributed by atoms with Gasteiger partial charge in [0.15, 0.2) is 0 Å². The third kappa shape index (κ3) is 3.45. The van der Waals surface area contributed by atoms with E-state index >= 15 is 0 Å². The van der Waals surface area contributed by atoms with Crippen molar-refractivity contribution in [1.29, 1.82) is 5.26 Å². The van der Waals surface area contributed by atoms with Gasteiger partial charge in [0, 0.05) is 10.8 Å². The molecule has 0 spiro atoms. The van der Waals surface area contributed by atoms with Crippen LogP contribution >= 0.6 is 23.4 Å². The summed E-state index contributed by atoms with van der Waals surface area (Å²) < 4.78 is 0. The fraction of sp³-hybridized carbons (Fsp3) is 0.0714. The molecule has 21 heavy (non-hydrogen) atoms. The molecule has 0 aliphatic carbocycles. The summed E-state index contributed by atoms with van der Waals surface area (Å²) in [5, 5.41) is 18.8. The maximum atomic E-state index is 11.6. The molecule has 0 saturated carbocycles. The Labute approximate surface area is 129 Å². The second-order valence-electron chi connectivity index (χ2n) is 4.05. The molecule has 2 rings (SSSR count). The number of aromatic amines is 1. The summed E-state index contributed by atoms with van der Waals surface area (Å²) in [5.74, 6) is -0.910. The van der Waals surface area contributed by atoms with Crippen LogP contribution in [0.5, 0.6) is 0 Å². The molecule has 1 aromatic heterocycles. The van der Waals surface area contributed by atoms with E-state index in [0.29, 0.717) is 15.8 Å². The van der Waals surface area contributed by atoms with Gasteiger partial charge in [0.2, 0.25) is 0 Å². The van der Waals surface area contributed by atoms with Crippen molar-refractivity contribution in [3.63, 3.8) is 0 Å². The zero-order valence-corrected chi connectivity index (χ0v) is 12.2. The molecule has 0 atom stereocenters. The van der Waals surface area contributed by atoms with Crippen molar-refractivity contribution in [2.24, 2.45) is 0 Å². The number of benzene rings is 1. The molecule has 0 aliphatic heterocycles. The van der Waals surface area contributed by atoms with Crippen molar-refractivity contribution in [1.82, 2.24) is 4.98 Å². The van der Waals surface area contributed by atoms with Gasteiger partial charge in [-0.25, -0.2) is 4.79 Å². The highest BCUT2D eigenvalue weighted by molar-refractivity contribution is 7.98. The van der Waals surface area contributed by atoms with E-state index in [9.17, 15) is 9.59 Å². The van der Waals surface area contributed by atoms with Gasteiger partial charge in [-0.3, -0.25) is 4.79 Å². The van der Waals surface area contributed by atoms with Gasteiger partial charge in [-0.1, -0.05) is 29.8 Å². The summed E-state index contributed by atoms with van der Waals surface area (Å²) in [4.78, 5) is 24.9. The lowest BCUT2D eigenvalue weighted by Gasteiger charge is -2.06. The topological polar surface area (TPSA) is 93.9 Å². The van der Waals surface area contributed by atoms with E-state index in [2.05, 4.69) is 4.98 Å². The number of aromatic nitrogens is 1. The largest absolute Gasteiger partial charge is 0.477 e. The predicted molar refractivity (Wildman–Crippen MR) is 79.8 cm³/mol. The second-order valence-corrected chi connectivity index (χ2v) is 5.44. The zero-order chi connectivity index (χ0) is 15.4. The van der Waals surface area contributed by atoms with Crippen LogP contribution in [-0.4, -0.2) is 16.1 Å². The average molecular weight is 321 g/mol. The van der Waals surface area contributed by atoms with Gasteiger partial charge in [0.25, 0.3) is 5.56 Å². The molecular weight excluding hydrogens is 312 g/mol. The first kappa shape index (κ1) is 15.2. The van der Waals surface area contributed by atoms with Crippen LogP contribution in [-0.2, 0) is 5.75 Å². The number of H-pyrrole nitrogens is 1. The van der Waals surface area contributed by atoms with Crippen LogP contribution in [0, 0.1) is 11.3 Å². The number of halogens is 1. The van der Waals surface area contributed by atoms with Crippen LogP contribution in [0.4, 0.5) is 0 Å². The molecule has 1 aromatic carbocycles. The molecule has 0 unspecified atom stereocenters. The molecule has 2 N–H and O–H groups in total. The number of nitrogens with zero attached hydrogens (tertiary/aromatic N) is 1. The Balaban J connectivity index is 2.31. The Hall–Kier alpha value is -2.23. The normalized spacial score (nSPS) is 10.1. The number of pyridine rings is 1. The van der Waals surface area contributed by atoms with Crippen LogP contribution in [0.25, 0.3) is 0 Å². The first-order valence-electron chi connectivity index (χ1n) is 5.80. The van der Waals surface area contributed by atoms with Crippen molar-refractivity contribution in [3.05, 3.63) is 62.4 Å². The number of hydrogen-bond acceptors (Lipinski definition) is 4. The SMILES string of the molecule is N#Cc1cc(C(=O)O)c(=O)[nH]c1SCc1ccccc1Cl. The van der Waals surface area contributed by atoms with Gasteiger partial charge in [-0.05, 0) is 17.7 Å². The van der Waals surface area contributed by atoms with Crippen LogP contribution in [0.3, 0.4) is 0 Å². The number of thioether (sulfide) groups is 1. The zero-order valence-electron chi connectivity index (χ0n) is 10.6. The molecule has 2 aromatic rings. The van der Waals surface area contributed by atoms with Gasteiger partial charge in [-0.2, -0.15) is 5.26 Å². The van der Waals surface area contributed by atoms with Gasteiger partial charge in [-0.15, -0.1) is 11.8 Å². The summed E-state index contributed by atoms with van der Waals surface area (Å²) in [6.45, 7) is 0. The van der Waals surface area contributed by atoms with E-state index in [1.54, 1.807) is 12.1 Å². The molecule has 1 heterocycles. The van der Waals surface area contributed by atoms with E-state index in [4.69, 9.17) is 22.0 Å². The molecule has 0 fully saturated rings. The second kappa shape index (κ2) is 6.48. The molecule has 0 amide bonds. The van der Waals surface area contributed by atoms with Crippen molar-refractivity contribution >= 4 is 29.3 Å². The lowest BCUT2D eigenvalue weighted by molar-refractivity contribution is 0.0694. The van der Waals surface area contributed by atoms with E-state index in [1.165, 1.54) is 11.8 Å². The maximum absolute atomic E-state index is 11.6. The number of nitriles is 1. The Morgan fingerprint density at radius 2 is 2.14 bits per heavy atom. The minimum absolute atomic E-state index is 0.115. The Bertz CT molecular complexity index is 796. The van der Waals surface area contributed by atoms with E-state index in [0.717, 1.165) is 11.6 Å². The Morgan fingerprint density at radius 3 is 2.76 bits per heavy atom. The van der Waals surface area contributed by atoms with Crippen LogP contribution < -0.4 is 5.56 Å². The molecule has 0 bridgehead atoms. The number of hydrogen-bond donors (Lipinski definition) is 2. The fourth-order valence-corrected chi connectivity index (χ4v) is 2.89. The van der Waals surface area contributed by atoms with Gasteiger partial charge in [0.05, 0.1) is 10.6 Å². The van der Waals surface area contributed by atoms with Crippen molar-refractivity contribution < 1.29 is 9.90 Å². The van der Waals surface area contributed by atoms with E-state index in [1.807, 2.05) is 18.2 Å². The maximum Gasteiger partial charge on any atom is 0.341 e. The quantitative estimate of drug-likeness (QED) is 0.845. The third-order valence-electron chi connectivity index (χ3n) is 2.69. The molecule has 0 saturated heterocycles. The number of aromatic carboxylic acids is 1. The highest BCUT2D eigenvalue weighted by Gasteiger charge is 2.14. The Morgan fingerprint density at radius 1 is 1.43 bits per heavy atom. The summed E-state index contributed by atoms with van der Waals surface area (Å²) in [7, 11) is 0. The number of carboxylic acid groups (broad SMARTS) is 1. The van der Waals surface area contributed by atoms with Gasteiger partial charge < -0.3 is 10.1 Å². The molecular formula is C14H9ClN2O3S. The van der Waals surface area contributed by atoms with E-state index in [-0.39, 0.29) is 5.56 Å². The van der Waals surface area contributed by atoms with Crippen LogP contribution in [0.2, 0.25) is 5.02 Å². The number of nitrogens with one attached hydrogen (secondary N) is 1. The van der Waals surface area contributed by atoms with Crippen molar-refractivity contribution in [3.8, 4) is 6.07 Å². The third-order valence-corrected chi connectivity index (χ3v) is 4.12. The summed E-state index contributed by atoms with van der Waals surface area (Å²) in [6, 6.07) is 10.2. The summed E-state index contributed by atoms with van der Waals surface area (Å²) in [5.41, 5.74) is -0.211.